The lowest BCUT2D eigenvalue weighted by Gasteiger charge is -2.30. The Hall–Kier alpha value is -2.44. The first-order chi connectivity index (χ1) is 13.2. The first kappa shape index (κ1) is 17.9. The second-order valence-corrected chi connectivity index (χ2v) is 7.24. The lowest BCUT2D eigenvalue weighted by Crippen LogP contribution is -2.39. The van der Waals surface area contributed by atoms with Gasteiger partial charge in [-0.3, -0.25) is 9.58 Å². The number of rotatable bonds is 6. The van der Waals surface area contributed by atoms with Gasteiger partial charge >= 0.3 is 0 Å². The van der Waals surface area contributed by atoms with E-state index >= 15 is 0 Å². The fourth-order valence-electron chi connectivity index (χ4n) is 3.72. The predicted octanol–water partition coefficient (Wildman–Crippen LogP) is 3.00. The highest BCUT2D eigenvalue weighted by Crippen LogP contribution is 2.26. The van der Waals surface area contributed by atoms with Gasteiger partial charge in [-0.1, -0.05) is 30.3 Å². The van der Waals surface area contributed by atoms with Gasteiger partial charge in [0.15, 0.2) is 0 Å². The van der Waals surface area contributed by atoms with Crippen LogP contribution in [0.25, 0.3) is 11.3 Å². The molecule has 0 aliphatic carbocycles. The second-order valence-electron chi connectivity index (χ2n) is 7.24. The Balaban J connectivity index is 1.53. The lowest BCUT2D eigenvalue weighted by molar-refractivity contribution is 0.0326. The van der Waals surface area contributed by atoms with Crippen LogP contribution in [-0.2, 0) is 11.3 Å². The summed E-state index contributed by atoms with van der Waals surface area (Å²) >= 11 is 0. The molecule has 0 bridgehead atoms. The quantitative estimate of drug-likeness (QED) is 0.674. The van der Waals surface area contributed by atoms with Crippen molar-refractivity contribution in [2.24, 2.45) is 0 Å². The van der Waals surface area contributed by atoms with Gasteiger partial charge in [0.05, 0.1) is 44.2 Å². The van der Waals surface area contributed by atoms with Crippen molar-refractivity contribution in [3.05, 3.63) is 60.3 Å². The van der Waals surface area contributed by atoms with Crippen LogP contribution in [0.15, 0.2) is 49.1 Å². The summed E-state index contributed by atoms with van der Waals surface area (Å²) in [5.74, 6) is 0. The van der Waals surface area contributed by atoms with Gasteiger partial charge < -0.3 is 9.30 Å². The summed E-state index contributed by atoms with van der Waals surface area (Å²) in [6.45, 7) is 9.84. The van der Waals surface area contributed by atoms with E-state index in [-0.39, 0.29) is 0 Å². The van der Waals surface area contributed by atoms with Crippen molar-refractivity contribution >= 4 is 0 Å². The molecule has 6 heteroatoms. The molecule has 2 aromatic heterocycles. The van der Waals surface area contributed by atoms with Crippen LogP contribution in [0.4, 0.5) is 0 Å². The number of hydrogen-bond donors (Lipinski definition) is 0. The van der Waals surface area contributed by atoms with Crippen molar-refractivity contribution < 1.29 is 4.74 Å². The Morgan fingerprint density at radius 3 is 2.67 bits per heavy atom. The summed E-state index contributed by atoms with van der Waals surface area (Å²) in [5.41, 5.74) is 4.70. The molecule has 1 aliphatic heterocycles. The van der Waals surface area contributed by atoms with E-state index in [2.05, 4.69) is 62.3 Å². The van der Waals surface area contributed by atoms with Crippen molar-refractivity contribution in [2.45, 2.75) is 26.4 Å². The normalized spacial score (nSPS) is 16.5. The number of aromatic nitrogens is 4. The smallest absolute Gasteiger partial charge is 0.0953 e. The molecule has 1 fully saturated rings. The standard InChI is InChI=1S/C21H27N5O/c1-17(14-24-8-10-27-11-9-24)25-16-22-13-21(25)20-12-23-26(18(20)2)15-19-6-4-3-5-7-19/h3-7,12-13,16-17H,8-11,14-15H2,1-2H3. The van der Waals surface area contributed by atoms with Gasteiger partial charge in [-0.2, -0.15) is 5.10 Å². The first-order valence-electron chi connectivity index (χ1n) is 9.61. The summed E-state index contributed by atoms with van der Waals surface area (Å²) in [6, 6.07) is 10.8. The maximum Gasteiger partial charge on any atom is 0.0953 e. The summed E-state index contributed by atoms with van der Waals surface area (Å²) < 4.78 is 9.79. The molecule has 6 nitrogen and oxygen atoms in total. The number of ether oxygens (including phenoxy) is 1. The van der Waals surface area contributed by atoms with E-state index in [1.165, 1.54) is 11.3 Å². The summed E-state index contributed by atoms with van der Waals surface area (Å²) in [5, 5.41) is 4.63. The van der Waals surface area contributed by atoms with Gasteiger partial charge in [0, 0.05) is 36.9 Å². The van der Waals surface area contributed by atoms with E-state index in [1.807, 2.05) is 24.8 Å². The number of morpholine rings is 1. The minimum Gasteiger partial charge on any atom is -0.379 e. The SMILES string of the molecule is Cc1c(-c2cncn2C(C)CN2CCOCC2)cnn1Cc1ccccc1. The Bertz CT molecular complexity index is 864. The van der Waals surface area contributed by atoms with E-state index in [0.29, 0.717) is 6.04 Å². The van der Waals surface area contributed by atoms with Crippen molar-refractivity contribution in [1.82, 2.24) is 24.2 Å². The minimum absolute atomic E-state index is 0.345. The van der Waals surface area contributed by atoms with Crippen LogP contribution >= 0.6 is 0 Å². The first-order valence-corrected chi connectivity index (χ1v) is 9.61. The third kappa shape index (κ3) is 3.96. The van der Waals surface area contributed by atoms with Gasteiger partial charge in [-0.25, -0.2) is 4.98 Å². The third-order valence-electron chi connectivity index (χ3n) is 5.32. The average Bonchev–Trinajstić information content (AvgIpc) is 3.31. The van der Waals surface area contributed by atoms with Gasteiger partial charge in [0.1, 0.15) is 0 Å². The zero-order valence-electron chi connectivity index (χ0n) is 16.1. The maximum atomic E-state index is 5.46. The molecule has 1 saturated heterocycles. The summed E-state index contributed by atoms with van der Waals surface area (Å²) in [6.07, 6.45) is 5.86. The van der Waals surface area contributed by atoms with Crippen molar-refractivity contribution in [3.63, 3.8) is 0 Å². The number of nitrogens with zero attached hydrogens (tertiary/aromatic N) is 5. The van der Waals surface area contributed by atoms with E-state index in [1.54, 1.807) is 0 Å². The zero-order valence-corrected chi connectivity index (χ0v) is 16.1. The molecular formula is C21H27N5O. The molecule has 3 heterocycles. The average molecular weight is 365 g/mol. The highest BCUT2D eigenvalue weighted by molar-refractivity contribution is 5.61. The fourth-order valence-corrected chi connectivity index (χ4v) is 3.72. The van der Waals surface area contributed by atoms with Gasteiger partial charge in [-0.05, 0) is 19.4 Å². The monoisotopic (exact) mass is 365 g/mol. The largest absolute Gasteiger partial charge is 0.379 e. The van der Waals surface area contributed by atoms with Crippen LogP contribution < -0.4 is 0 Å². The van der Waals surface area contributed by atoms with Crippen LogP contribution in [0, 0.1) is 6.92 Å². The molecular weight excluding hydrogens is 338 g/mol. The van der Waals surface area contributed by atoms with Crippen LogP contribution in [0.2, 0.25) is 0 Å². The second kappa shape index (κ2) is 8.06. The molecule has 1 atom stereocenters. The zero-order chi connectivity index (χ0) is 18.6. The van der Waals surface area contributed by atoms with Crippen molar-refractivity contribution in [1.29, 1.82) is 0 Å². The summed E-state index contributed by atoms with van der Waals surface area (Å²) in [4.78, 5) is 6.89. The molecule has 0 spiro atoms. The fraction of sp³-hybridized carbons (Fsp3) is 0.429. The van der Waals surface area contributed by atoms with E-state index in [4.69, 9.17) is 4.74 Å². The maximum absolute atomic E-state index is 5.46. The third-order valence-corrected chi connectivity index (χ3v) is 5.32. The molecule has 3 aromatic rings. The van der Waals surface area contributed by atoms with Crippen molar-refractivity contribution in [2.75, 3.05) is 32.8 Å². The lowest BCUT2D eigenvalue weighted by atomic mass is 10.1. The van der Waals surface area contributed by atoms with E-state index in [9.17, 15) is 0 Å². The number of hydrogen-bond acceptors (Lipinski definition) is 4. The molecule has 0 N–H and O–H groups in total. The molecule has 27 heavy (non-hydrogen) atoms. The Kier molecular flexibility index (Phi) is 5.36. The Morgan fingerprint density at radius 2 is 1.89 bits per heavy atom. The van der Waals surface area contributed by atoms with Crippen LogP contribution in [0.3, 0.4) is 0 Å². The highest BCUT2D eigenvalue weighted by Gasteiger charge is 2.19. The molecule has 1 aromatic carbocycles. The molecule has 0 saturated carbocycles. The molecule has 0 amide bonds. The summed E-state index contributed by atoms with van der Waals surface area (Å²) in [7, 11) is 0. The van der Waals surface area contributed by atoms with Gasteiger partial charge in [0.25, 0.3) is 0 Å². The Labute approximate surface area is 160 Å². The minimum atomic E-state index is 0.345. The molecule has 0 radical (unpaired) electrons. The highest BCUT2D eigenvalue weighted by atomic mass is 16.5. The molecule has 1 aliphatic rings. The van der Waals surface area contributed by atoms with Crippen LogP contribution in [0.5, 0.6) is 0 Å². The predicted molar refractivity (Wildman–Crippen MR) is 106 cm³/mol. The topological polar surface area (TPSA) is 48.1 Å². The number of benzene rings is 1. The van der Waals surface area contributed by atoms with E-state index < -0.39 is 0 Å². The van der Waals surface area contributed by atoms with Crippen LogP contribution in [0.1, 0.15) is 24.2 Å². The molecule has 142 valence electrons. The molecule has 4 rings (SSSR count). The van der Waals surface area contributed by atoms with E-state index in [0.717, 1.165) is 50.7 Å². The number of imidazole rings is 1. The molecule has 1 unspecified atom stereocenters. The van der Waals surface area contributed by atoms with Gasteiger partial charge in [0.2, 0.25) is 0 Å². The van der Waals surface area contributed by atoms with Crippen molar-refractivity contribution in [3.8, 4) is 11.3 Å². The Morgan fingerprint density at radius 1 is 1.11 bits per heavy atom. The van der Waals surface area contributed by atoms with Crippen LogP contribution in [-0.4, -0.2) is 57.1 Å². The van der Waals surface area contributed by atoms with Gasteiger partial charge in [-0.15, -0.1) is 0 Å².